The lowest BCUT2D eigenvalue weighted by atomic mass is 10.1. The Hall–Kier alpha value is -3.13. The molecule has 0 bridgehead atoms. The first-order valence-electron chi connectivity index (χ1n) is 11.5. The number of tetrazole rings is 1. The van der Waals surface area contributed by atoms with Gasteiger partial charge in [-0.1, -0.05) is 44.0 Å². The second-order valence-corrected chi connectivity index (χ2v) is 8.40. The highest BCUT2D eigenvalue weighted by Gasteiger charge is 2.29. The van der Waals surface area contributed by atoms with Gasteiger partial charge in [-0.3, -0.25) is 4.90 Å². The van der Waals surface area contributed by atoms with Gasteiger partial charge in [0.2, 0.25) is 6.79 Å². The Morgan fingerprint density at radius 3 is 2.59 bits per heavy atom. The van der Waals surface area contributed by atoms with Crippen LogP contribution in [0.5, 0.6) is 11.5 Å². The minimum absolute atomic E-state index is 0.219. The number of hydrogen-bond acceptors (Lipinski definition) is 7. The van der Waals surface area contributed by atoms with Gasteiger partial charge in [-0.15, -0.1) is 5.10 Å². The maximum absolute atomic E-state index is 5.53. The molecule has 0 spiro atoms. The zero-order valence-corrected chi connectivity index (χ0v) is 18.6. The monoisotopic (exact) mass is 434 g/mol. The van der Waals surface area contributed by atoms with Crippen LogP contribution < -0.4 is 14.4 Å². The van der Waals surface area contributed by atoms with Crippen molar-refractivity contribution in [2.75, 3.05) is 37.9 Å². The number of para-hydroxylation sites is 1. The highest BCUT2D eigenvalue weighted by Crippen LogP contribution is 2.33. The van der Waals surface area contributed by atoms with E-state index in [9.17, 15) is 0 Å². The second kappa shape index (κ2) is 9.56. The molecular weight excluding hydrogens is 404 g/mol. The summed E-state index contributed by atoms with van der Waals surface area (Å²) in [4.78, 5) is 5.01. The molecule has 168 valence electrons. The Balaban J connectivity index is 1.31. The molecule has 8 nitrogen and oxygen atoms in total. The van der Waals surface area contributed by atoms with Crippen molar-refractivity contribution in [1.82, 2.24) is 25.1 Å². The molecule has 1 saturated heterocycles. The summed E-state index contributed by atoms with van der Waals surface area (Å²) in [6.07, 6.45) is 3.37. The van der Waals surface area contributed by atoms with Crippen LogP contribution in [0.2, 0.25) is 0 Å². The fourth-order valence-corrected chi connectivity index (χ4v) is 4.58. The predicted octanol–water partition coefficient (Wildman–Crippen LogP) is 3.50. The summed E-state index contributed by atoms with van der Waals surface area (Å²) in [7, 11) is 0. The molecule has 2 aliphatic rings. The number of anilines is 1. The molecule has 0 aliphatic carbocycles. The Kier molecular flexibility index (Phi) is 6.20. The molecule has 3 heterocycles. The Morgan fingerprint density at radius 2 is 1.78 bits per heavy atom. The van der Waals surface area contributed by atoms with Crippen molar-refractivity contribution in [2.45, 2.75) is 38.8 Å². The lowest BCUT2D eigenvalue weighted by molar-refractivity contribution is 0.163. The van der Waals surface area contributed by atoms with Crippen LogP contribution in [0.25, 0.3) is 0 Å². The number of piperazine rings is 1. The molecule has 2 aliphatic heterocycles. The Labute approximate surface area is 188 Å². The molecule has 2 aromatic carbocycles. The van der Waals surface area contributed by atoms with Gasteiger partial charge in [-0.25, -0.2) is 4.68 Å². The van der Waals surface area contributed by atoms with Gasteiger partial charge in [0.05, 0.1) is 12.6 Å². The normalized spacial score (nSPS) is 17.0. The van der Waals surface area contributed by atoms with Gasteiger partial charge < -0.3 is 14.4 Å². The van der Waals surface area contributed by atoms with Crippen molar-refractivity contribution in [2.24, 2.45) is 0 Å². The fraction of sp³-hybridized carbons (Fsp3) is 0.458. The molecule has 0 N–H and O–H groups in total. The van der Waals surface area contributed by atoms with E-state index in [1.54, 1.807) is 0 Å². The van der Waals surface area contributed by atoms with Gasteiger partial charge in [0.1, 0.15) is 0 Å². The molecule has 1 fully saturated rings. The van der Waals surface area contributed by atoms with E-state index in [1.165, 1.54) is 5.69 Å². The summed E-state index contributed by atoms with van der Waals surface area (Å²) in [5.41, 5.74) is 2.40. The second-order valence-electron chi connectivity index (χ2n) is 8.40. The number of benzene rings is 2. The summed E-state index contributed by atoms with van der Waals surface area (Å²) in [6.45, 7) is 7.15. The van der Waals surface area contributed by atoms with Crippen LogP contribution in [-0.4, -0.2) is 58.1 Å². The SMILES string of the molecule is CCCCC(c1nnnn1Cc1ccc2c(c1)OCO2)N1CCN(c2ccccc2)CC1. The van der Waals surface area contributed by atoms with Crippen molar-refractivity contribution >= 4 is 5.69 Å². The first-order chi connectivity index (χ1) is 15.8. The van der Waals surface area contributed by atoms with E-state index in [0.29, 0.717) is 6.54 Å². The average molecular weight is 435 g/mol. The van der Waals surface area contributed by atoms with Crippen molar-refractivity contribution in [3.8, 4) is 11.5 Å². The Bertz CT molecular complexity index is 1020. The molecule has 32 heavy (non-hydrogen) atoms. The summed E-state index contributed by atoms with van der Waals surface area (Å²) in [5.74, 6) is 2.53. The molecule has 8 heteroatoms. The van der Waals surface area contributed by atoms with Crippen LogP contribution in [0, 0.1) is 0 Å². The van der Waals surface area contributed by atoms with Crippen LogP contribution in [0.4, 0.5) is 5.69 Å². The molecule has 0 radical (unpaired) electrons. The fourth-order valence-electron chi connectivity index (χ4n) is 4.58. The number of nitrogens with zero attached hydrogens (tertiary/aromatic N) is 6. The van der Waals surface area contributed by atoms with Gasteiger partial charge in [0.15, 0.2) is 17.3 Å². The van der Waals surface area contributed by atoms with Crippen LogP contribution >= 0.6 is 0 Å². The van der Waals surface area contributed by atoms with Crippen LogP contribution in [0.1, 0.15) is 43.6 Å². The van der Waals surface area contributed by atoms with Gasteiger partial charge >= 0.3 is 0 Å². The first kappa shape index (κ1) is 20.8. The number of fused-ring (bicyclic) bond motifs is 1. The molecule has 0 amide bonds. The van der Waals surface area contributed by atoms with Gasteiger partial charge in [-0.05, 0) is 46.7 Å². The predicted molar refractivity (Wildman–Crippen MR) is 122 cm³/mol. The van der Waals surface area contributed by atoms with E-state index < -0.39 is 0 Å². The van der Waals surface area contributed by atoms with E-state index >= 15 is 0 Å². The smallest absolute Gasteiger partial charge is 0.231 e. The first-order valence-corrected chi connectivity index (χ1v) is 11.5. The molecule has 0 saturated carbocycles. The third kappa shape index (κ3) is 4.41. The van der Waals surface area contributed by atoms with Crippen molar-refractivity contribution < 1.29 is 9.47 Å². The summed E-state index contributed by atoms with van der Waals surface area (Å²) >= 11 is 0. The van der Waals surface area contributed by atoms with E-state index in [4.69, 9.17) is 9.47 Å². The van der Waals surface area contributed by atoms with Crippen LogP contribution in [0.15, 0.2) is 48.5 Å². The third-order valence-corrected chi connectivity index (χ3v) is 6.33. The van der Waals surface area contributed by atoms with E-state index in [-0.39, 0.29) is 12.8 Å². The minimum Gasteiger partial charge on any atom is -0.454 e. The summed E-state index contributed by atoms with van der Waals surface area (Å²) < 4.78 is 12.9. The number of rotatable bonds is 8. The topological polar surface area (TPSA) is 68.5 Å². The van der Waals surface area contributed by atoms with E-state index in [0.717, 1.165) is 68.3 Å². The lowest BCUT2D eigenvalue weighted by Gasteiger charge is -2.39. The largest absolute Gasteiger partial charge is 0.454 e. The number of hydrogen-bond donors (Lipinski definition) is 0. The van der Waals surface area contributed by atoms with Crippen LogP contribution in [0.3, 0.4) is 0 Å². The van der Waals surface area contributed by atoms with E-state index in [1.807, 2.05) is 16.8 Å². The standard InChI is InChI=1S/C24H30N6O2/c1-2-3-9-21(29-14-12-28(13-15-29)20-7-5-4-6-8-20)24-25-26-27-30(24)17-19-10-11-22-23(16-19)32-18-31-22/h4-8,10-11,16,21H,2-3,9,12-15,17-18H2,1H3. The summed E-state index contributed by atoms with van der Waals surface area (Å²) in [6, 6.07) is 16.9. The number of ether oxygens (including phenoxy) is 2. The van der Waals surface area contributed by atoms with E-state index in [2.05, 4.69) is 68.6 Å². The molecule has 1 aromatic heterocycles. The van der Waals surface area contributed by atoms with Gasteiger partial charge in [0, 0.05) is 31.9 Å². The van der Waals surface area contributed by atoms with Crippen molar-refractivity contribution in [3.05, 3.63) is 59.9 Å². The maximum atomic E-state index is 5.53. The average Bonchev–Trinajstić information content (AvgIpc) is 3.50. The minimum atomic E-state index is 0.219. The molecule has 1 unspecified atom stereocenters. The molecular formula is C24H30N6O2. The molecule has 1 atom stereocenters. The van der Waals surface area contributed by atoms with Gasteiger partial charge in [-0.2, -0.15) is 0 Å². The highest BCUT2D eigenvalue weighted by atomic mass is 16.7. The van der Waals surface area contributed by atoms with Crippen molar-refractivity contribution in [3.63, 3.8) is 0 Å². The quantitative estimate of drug-likeness (QED) is 0.537. The number of aromatic nitrogens is 4. The van der Waals surface area contributed by atoms with Gasteiger partial charge in [0.25, 0.3) is 0 Å². The van der Waals surface area contributed by atoms with Crippen LogP contribution in [-0.2, 0) is 6.54 Å². The zero-order valence-electron chi connectivity index (χ0n) is 18.6. The lowest BCUT2D eigenvalue weighted by Crippen LogP contribution is -2.48. The highest BCUT2D eigenvalue weighted by molar-refractivity contribution is 5.46. The molecule has 5 rings (SSSR count). The third-order valence-electron chi connectivity index (χ3n) is 6.33. The molecule has 3 aromatic rings. The summed E-state index contributed by atoms with van der Waals surface area (Å²) in [5, 5.41) is 12.9. The maximum Gasteiger partial charge on any atom is 0.231 e. The van der Waals surface area contributed by atoms with Crippen molar-refractivity contribution in [1.29, 1.82) is 0 Å². The zero-order chi connectivity index (χ0) is 21.8. The Morgan fingerprint density at radius 1 is 0.969 bits per heavy atom. The number of unbranched alkanes of at least 4 members (excludes halogenated alkanes) is 1.